The molecule has 7 heteroatoms. The molecule has 1 aromatic carbocycles. The molecule has 2 N–H and O–H groups in total. The Labute approximate surface area is 147 Å². The normalized spacial score (nSPS) is 17.6. The van der Waals surface area contributed by atoms with Crippen LogP contribution in [0.5, 0.6) is 0 Å². The number of amides is 2. The molecule has 0 radical (unpaired) electrons. The Hall–Kier alpha value is -2.41. The Balaban J connectivity index is 1.89. The molecular weight excluding hydrogens is 322 g/mol. The van der Waals surface area contributed by atoms with Crippen molar-refractivity contribution in [3.8, 4) is 0 Å². The number of esters is 1. The van der Waals surface area contributed by atoms with Crippen LogP contribution in [0.3, 0.4) is 0 Å². The number of carbonyl (C=O) groups is 3. The fourth-order valence-corrected chi connectivity index (χ4v) is 2.94. The summed E-state index contributed by atoms with van der Waals surface area (Å²) >= 11 is 0. The van der Waals surface area contributed by atoms with Crippen molar-refractivity contribution in [1.82, 2.24) is 10.2 Å². The highest BCUT2D eigenvalue weighted by molar-refractivity contribution is 5.97. The van der Waals surface area contributed by atoms with Gasteiger partial charge in [-0.15, -0.1) is 0 Å². The van der Waals surface area contributed by atoms with Crippen LogP contribution in [-0.2, 0) is 14.3 Å². The van der Waals surface area contributed by atoms with Gasteiger partial charge in [0.05, 0.1) is 19.1 Å². The van der Waals surface area contributed by atoms with E-state index in [-0.39, 0.29) is 30.2 Å². The Morgan fingerprint density at radius 2 is 2.12 bits per heavy atom. The molecule has 1 atom stereocenters. The fourth-order valence-electron chi connectivity index (χ4n) is 2.94. The summed E-state index contributed by atoms with van der Waals surface area (Å²) in [4.78, 5) is 37.7. The molecule has 1 heterocycles. The zero-order valence-electron chi connectivity index (χ0n) is 14.7. The van der Waals surface area contributed by atoms with Crippen molar-refractivity contribution >= 4 is 23.5 Å². The summed E-state index contributed by atoms with van der Waals surface area (Å²) in [5, 5.41) is 5.35. The van der Waals surface area contributed by atoms with E-state index in [2.05, 4.69) is 10.6 Å². The maximum atomic E-state index is 12.3. The minimum atomic E-state index is -0.204. The summed E-state index contributed by atoms with van der Waals surface area (Å²) < 4.78 is 5.07. The van der Waals surface area contributed by atoms with Crippen molar-refractivity contribution in [2.45, 2.75) is 19.8 Å². The zero-order valence-corrected chi connectivity index (χ0v) is 14.7. The van der Waals surface area contributed by atoms with Crippen LogP contribution in [0.25, 0.3) is 0 Å². The van der Waals surface area contributed by atoms with Gasteiger partial charge in [0.15, 0.2) is 0 Å². The summed E-state index contributed by atoms with van der Waals surface area (Å²) in [6.45, 7) is 3.68. The Morgan fingerprint density at radius 3 is 2.84 bits per heavy atom. The summed E-state index contributed by atoms with van der Waals surface area (Å²) in [7, 11) is 1.56. The zero-order chi connectivity index (χ0) is 18.2. The second-order valence-corrected chi connectivity index (χ2v) is 6.03. The number of carbonyl (C=O) groups excluding carboxylic acids is 3. The Kier molecular flexibility index (Phi) is 6.94. The van der Waals surface area contributed by atoms with Crippen LogP contribution < -0.4 is 10.6 Å². The van der Waals surface area contributed by atoms with Crippen LogP contribution in [0.2, 0.25) is 0 Å². The number of hydrogen-bond acceptors (Lipinski definition) is 5. The van der Waals surface area contributed by atoms with Gasteiger partial charge in [-0.1, -0.05) is 6.07 Å². The molecule has 7 nitrogen and oxygen atoms in total. The smallest absolute Gasteiger partial charge is 0.310 e. The van der Waals surface area contributed by atoms with Gasteiger partial charge in [-0.3, -0.25) is 19.3 Å². The van der Waals surface area contributed by atoms with Gasteiger partial charge in [0.2, 0.25) is 5.91 Å². The summed E-state index contributed by atoms with van der Waals surface area (Å²) in [5.74, 6) is -0.730. The van der Waals surface area contributed by atoms with Gasteiger partial charge in [0.25, 0.3) is 5.91 Å². The molecule has 25 heavy (non-hydrogen) atoms. The summed E-state index contributed by atoms with van der Waals surface area (Å²) in [6, 6.07) is 6.78. The lowest BCUT2D eigenvalue weighted by molar-refractivity contribution is -0.150. The van der Waals surface area contributed by atoms with Gasteiger partial charge >= 0.3 is 5.97 Å². The molecule has 0 aliphatic carbocycles. The van der Waals surface area contributed by atoms with Gasteiger partial charge in [-0.2, -0.15) is 0 Å². The van der Waals surface area contributed by atoms with Crippen molar-refractivity contribution in [3.63, 3.8) is 0 Å². The third-order valence-electron chi connectivity index (χ3n) is 4.13. The monoisotopic (exact) mass is 347 g/mol. The van der Waals surface area contributed by atoms with Crippen LogP contribution in [0.15, 0.2) is 24.3 Å². The Bertz CT molecular complexity index is 633. The highest BCUT2D eigenvalue weighted by Gasteiger charge is 2.27. The lowest BCUT2D eigenvalue weighted by Crippen LogP contribution is -2.43. The van der Waals surface area contributed by atoms with E-state index in [4.69, 9.17) is 4.74 Å². The van der Waals surface area contributed by atoms with Gasteiger partial charge in [-0.25, -0.2) is 0 Å². The van der Waals surface area contributed by atoms with Gasteiger partial charge in [-0.05, 0) is 44.5 Å². The number of ether oxygens (including phenoxy) is 1. The molecular formula is C18H25N3O4. The molecule has 0 unspecified atom stereocenters. The molecule has 0 saturated carbocycles. The van der Waals surface area contributed by atoms with Crippen molar-refractivity contribution < 1.29 is 19.1 Å². The predicted molar refractivity (Wildman–Crippen MR) is 94.3 cm³/mol. The van der Waals surface area contributed by atoms with Crippen LogP contribution in [0.1, 0.15) is 30.1 Å². The summed E-state index contributed by atoms with van der Waals surface area (Å²) in [6.07, 6.45) is 1.66. The number of likely N-dealkylation sites (tertiary alicyclic amines) is 1. The molecule has 2 rings (SSSR count). The third-order valence-corrected chi connectivity index (χ3v) is 4.13. The van der Waals surface area contributed by atoms with Crippen LogP contribution in [0.4, 0.5) is 5.69 Å². The average molecular weight is 347 g/mol. The van der Waals surface area contributed by atoms with E-state index >= 15 is 0 Å². The number of benzene rings is 1. The Morgan fingerprint density at radius 1 is 1.32 bits per heavy atom. The molecule has 1 aliphatic heterocycles. The molecule has 136 valence electrons. The van der Waals surface area contributed by atoms with Gasteiger partial charge < -0.3 is 15.4 Å². The fraction of sp³-hybridized carbons (Fsp3) is 0.500. The van der Waals surface area contributed by atoms with Crippen LogP contribution in [-0.4, -0.2) is 56.0 Å². The van der Waals surface area contributed by atoms with Crippen molar-refractivity contribution in [2.75, 3.05) is 38.6 Å². The standard InChI is InChI=1S/C18H25N3O4/c1-3-25-18(24)14-7-5-9-21(11-14)12-16(22)20-15-8-4-6-13(10-15)17(23)19-2/h4,6,8,10,14H,3,5,7,9,11-12H2,1-2H3,(H,19,23)(H,20,22)/t14-/m1/s1. The van der Waals surface area contributed by atoms with Crippen molar-refractivity contribution in [3.05, 3.63) is 29.8 Å². The molecule has 1 saturated heterocycles. The summed E-state index contributed by atoms with van der Waals surface area (Å²) in [5.41, 5.74) is 1.06. The topological polar surface area (TPSA) is 87.7 Å². The second-order valence-electron chi connectivity index (χ2n) is 6.03. The third kappa shape index (κ3) is 5.56. The highest BCUT2D eigenvalue weighted by Crippen LogP contribution is 2.18. The lowest BCUT2D eigenvalue weighted by Gasteiger charge is -2.30. The molecule has 1 aliphatic rings. The number of rotatable bonds is 6. The van der Waals surface area contributed by atoms with Crippen LogP contribution in [0, 0.1) is 5.92 Å². The first-order valence-corrected chi connectivity index (χ1v) is 8.54. The van der Waals surface area contributed by atoms with Crippen molar-refractivity contribution in [2.24, 2.45) is 5.92 Å². The number of anilines is 1. The second kappa shape index (κ2) is 9.17. The quantitative estimate of drug-likeness (QED) is 0.757. The number of nitrogens with zero attached hydrogens (tertiary/aromatic N) is 1. The van der Waals surface area contributed by atoms with E-state index in [9.17, 15) is 14.4 Å². The SMILES string of the molecule is CCOC(=O)[C@@H]1CCCN(CC(=O)Nc2cccc(C(=O)NC)c2)C1. The van der Waals surface area contributed by atoms with Gasteiger partial charge in [0.1, 0.15) is 0 Å². The van der Waals surface area contributed by atoms with Gasteiger partial charge in [0, 0.05) is 24.8 Å². The number of nitrogens with one attached hydrogen (secondary N) is 2. The molecule has 1 fully saturated rings. The van der Waals surface area contributed by atoms with E-state index in [0.29, 0.717) is 24.4 Å². The molecule has 0 spiro atoms. The first-order chi connectivity index (χ1) is 12.0. The molecule has 0 bridgehead atoms. The minimum Gasteiger partial charge on any atom is -0.466 e. The number of piperidine rings is 1. The van der Waals surface area contributed by atoms with E-state index in [1.807, 2.05) is 4.90 Å². The highest BCUT2D eigenvalue weighted by atomic mass is 16.5. The lowest BCUT2D eigenvalue weighted by atomic mass is 9.98. The molecule has 1 aromatic rings. The van der Waals surface area contributed by atoms with E-state index < -0.39 is 0 Å². The largest absolute Gasteiger partial charge is 0.466 e. The first kappa shape index (κ1) is 18.9. The minimum absolute atomic E-state index is 0.168. The first-order valence-electron chi connectivity index (χ1n) is 8.54. The maximum Gasteiger partial charge on any atom is 0.310 e. The predicted octanol–water partition coefficient (Wildman–Crippen LogP) is 1.26. The molecule has 2 amide bonds. The van der Waals surface area contributed by atoms with Crippen LogP contribution >= 0.6 is 0 Å². The number of hydrogen-bond donors (Lipinski definition) is 2. The van der Waals surface area contributed by atoms with Crippen molar-refractivity contribution in [1.29, 1.82) is 0 Å². The maximum absolute atomic E-state index is 12.3. The van der Waals surface area contributed by atoms with E-state index in [1.54, 1.807) is 38.2 Å². The molecule has 0 aromatic heterocycles. The van der Waals surface area contributed by atoms with E-state index in [1.165, 1.54) is 0 Å². The average Bonchev–Trinajstić information content (AvgIpc) is 2.61. The van der Waals surface area contributed by atoms with E-state index in [0.717, 1.165) is 19.4 Å².